The molecule has 2 aliphatic heterocycles. The average molecular weight is 773 g/mol. The van der Waals surface area contributed by atoms with Crippen LogP contribution >= 0.6 is 0 Å². The van der Waals surface area contributed by atoms with E-state index < -0.39 is 25.2 Å². The van der Waals surface area contributed by atoms with Crippen LogP contribution in [0.1, 0.15) is 48.4 Å². The number of oxazole rings is 2. The van der Waals surface area contributed by atoms with E-state index in [1.54, 1.807) is 17.0 Å². The van der Waals surface area contributed by atoms with Gasteiger partial charge in [-0.2, -0.15) is 17.6 Å². The number of ether oxygens (including phenoxy) is 2. The number of likely N-dealkylation sites (tertiary alicyclic amines) is 2. The molecule has 10 nitrogen and oxygen atoms in total. The number of carboxylic acid groups (broad SMARTS) is 1. The Labute approximate surface area is 319 Å². The number of rotatable bonds is 12. The van der Waals surface area contributed by atoms with Crippen LogP contribution in [0.3, 0.4) is 0 Å². The summed E-state index contributed by atoms with van der Waals surface area (Å²) >= 11 is 0. The standard InChI is InChI=1S/C42H40F4N4O6/c1-22-12-14-49(19-22)20-25-15-31-36(17-34(25)55-41(43)44)53-38(47-31)29-9-4-7-27(23(29)2)28-8-5-10-30(24(28)3)39-48-32-16-26(21-50-13-6-11-33(50)40(51)52)35(56-42(45)46)18-37(32)54-39/h4-5,7-10,15-18,22,33,41-42H,6,11-14,19-21H2,1-3H3,(H,51,52)/t22?,33-/m0/s1. The first-order valence-corrected chi connectivity index (χ1v) is 18.6. The minimum Gasteiger partial charge on any atom is -0.480 e. The number of aliphatic carboxylic acids is 1. The first-order chi connectivity index (χ1) is 26.9. The van der Waals surface area contributed by atoms with E-state index in [-0.39, 0.29) is 29.5 Å². The molecule has 0 spiro atoms. The molecule has 1 N–H and O–H groups in total. The van der Waals surface area contributed by atoms with Crippen LogP contribution in [0.5, 0.6) is 11.5 Å². The number of hydrogen-bond donors (Lipinski definition) is 1. The predicted octanol–water partition coefficient (Wildman–Crippen LogP) is 9.68. The van der Waals surface area contributed by atoms with Gasteiger partial charge in [0.05, 0.1) is 0 Å². The molecular formula is C42H40F4N4O6. The summed E-state index contributed by atoms with van der Waals surface area (Å²) in [5.41, 5.74) is 7.43. The minimum atomic E-state index is -3.09. The molecule has 4 heterocycles. The highest BCUT2D eigenvalue weighted by Crippen LogP contribution is 2.40. The molecule has 0 amide bonds. The quantitative estimate of drug-likeness (QED) is 0.121. The first-order valence-electron chi connectivity index (χ1n) is 18.6. The van der Waals surface area contributed by atoms with E-state index in [1.807, 2.05) is 50.2 Å². The number of halogens is 4. The van der Waals surface area contributed by atoms with E-state index in [1.165, 1.54) is 12.1 Å². The van der Waals surface area contributed by atoms with Crippen molar-refractivity contribution in [2.75, 3.05) is 19.6 Å². The van der Waals surface area contributed by atoms with Crippen LogP contribution in [0.4, 0.5) is 17.6 Å². The van der Waals surface area contributed by atoms with E-state index in [4.69, 9.17) is 28.3 Å². The fourth-order valence-corrected chi connectivity index (χ4v) is 8.13. The summed E-state index contributed by atoms with van der Waals surface area (Å²) in [5, 5.41) is 9.66. The number of carbonyl (C=O) groups is 1. The summed E-state index contributed by atoms with van der Waals surface area (Å²) < 4.78 is 76.1. The van der Waals surface area contributed by atoms with Crippen LogP contribution in [-0.4, -0.2) is 69.7 Å². The summed E-state index contributed by atoms with van der Waals surface area (Å²) in [6.45, 7) is 2.83. The summed E-state index contributed by atoms with van der Waals surface area (Å²) in [6.07, 6.45) is 2.21. The van der Waals surface area contributed by atoms with Gasteiger partial charge in [0.1, 0.15) is 28.6 Å². The van der Waals surface area contributed by atoms with E-state index in [0.717, 1.165) is 47.3 Å². The number of fused-ring (bicyclic) bond motifs is 2. The van der Waals surface area contributed by atoms with Crippen LogP contribution in [0, 0.1) is 19.8 Å². The Bertz CT molecular complexity index is 2430. The van der Waals surface area contributed by atoms with E-state index >= 15 is 0 Å². The largest absolute Gasteiger partial charge is 0.480 e. The third kappa shape index (κ3) is 7.42. The molecule has 0 bridgehead atoms. The number of alkyl halides is 4. The van der Waals surface area contributed by atoms with E-state index in [2.05, 4.69) is 11.8 Å². The third-order valence-corrected chi connectivity index (χ3v) is 10.9. The van der Waals surface area contributed by atoms with Gasteiger partial charge < -0.3 is 23.4 Å². The number of aromatic nitrogens is 2. The monoisotopic (exact) mass is 772 g/mol. The maximum atomic E-state index is 13.5. The second-order valence-electron chi connectivity index (χ2n) is 14.7. The maximum Gasteiger partial charge on any atom is 0.387 e. The lowest BCUT2D eigenvalue weighted by atomic mass is 9.91. The predicted molar refractivity (Wildman–Crippen MR) is 201 cm³/mol. The van der Waals surface area contributed by atoms with Crippen molar-refractivity contribution < 1.29 is 45.8 Å². The van der Waals surface area contributed by atoms with Gasteiger partial charge in [-0.15, -0.1) is 0 Å². The lowest BCUT2D eigenvalue weighted by Crippen LogP contribution is -2.35. The molecule has 2 aromatic heterocycles. The molecule has 8 rings (SSSR count). The van der Waals surface area contributed by atoms with Crippen molar-refractivity contribution in [1.29, 1.82) is 0 Å². The minimum absolute atomic E-state index is 0.0688. The highest BCUT2D eigenvalue weighted by atomic mass is 19.3. The number of hydrogen-bond acceptors (Lipinski definition) is 9. The molecule has 2 fully saturated rings. The maximum absolute atomic E-state index is 13.5. The molecule has 14 heteroatoms. The van der Waals surface area contributed by atoms with Crippen molar-refractivity contribution in [3.63, 3.8) is 0 Å². The Balaban J connectivity index is 1.12. The van der Waals surface area contributed by atoms with Gasteiger partial charge in [-0.25, -0.2) is 9.97 Å². The van der Waals surface area contributed by atoms with Gasteiger partial charge in [-0.1, -0.05) is 31.2 Å². The van der Waals surface area contributed by atoms with Gasteiger partial charge in [0.15, 0.2) is 11.2 Å². The van der Waals surface area contributed by atoms with Crippen molar-refractivity contribution in [3.05, 3.63) is 82.9 Å². The van der Waals surface area contributed by atoms with E-state index in [9.17, 15) is 27.5 Å². The second-order valence-corrected chi connectivity index (χ2v) is 14.7. The molecule has 0 radical (unpaired) electrons. The zero-order chi connectivity index (χ0) is 39.2. The zero-order valence-corrected chi connectivity index (χ0v) is 31.0. The van der Waals surface area contributed by atoms with E-state index in [0.29, 0.717) is 71.0 Å². The highest BCUT2D eigenvalue weighted by Gasteiger charge is 2.32. The van der Waals surface area contributed by atoms with Crippen LogP contribution < -0.4 is 9.47 Å². The summed E-state index contributed by atoms with van der Waals surface area (Å²) in [6, 6.07) is 17.0. The average Bonchev–Trinajstić information content (AvgIpc) is 3.95. The SMILES string of the molecule is Cc1c(-c2nc3cc(CN4CCC(C)C4)c(OC(F)F)cc3o2)cccc1-c1cccc(-c2nc3cc(CN4CCC[C@H]4C(=O)O)c(OC(F)F)cc3o2)c1C. The van der Waals surface area contributed by atoms with Gasteiger partial charge in [0.25, 0.3) is 0 Å². The summed E-state index contributed by atoms with van der Waals surface area (Å²) in [4.78, 5) is 25.3. The fourth-order valence-electron chi connectivity index (χ4n) is 8.13. The number of benzene rings is 4. The molecule has 2 atom stereocenters. The number of nitrogens with zero attached hydrogens (tertiary/aromatic N) is 4. The molecular weight excluding hydrogens is 732 g/mol. The lowest BCUT2D eigenvalue weighted by Gasteiger charge is -2.22. The Kier molecular flexibility index (Phi) is 10.2. The van der Waals surface area contributed by atoms with Gasteiger partial charge in [0.2, 0.25) is 11.8 Å². The normalized spacial score (nSPS) is 17.9. The van der Waals surface area contributed by atoms with Crippen LogP contribution in [0.25, 0.3) is 56.2 Å². The molecule has 1 unspecified atom stereocenters. The lowest BCUT2D eigenvalue weighted by molar-refractivity contribution is -0.142. The second kappa shape index (κ2) is 15.2. The smallest absolute Gasteiger partial charge is 0.387 e. The Morgan fingerprint density at radius 1 is 0.786 bits per heavy atom. The zero-order valence-electron chi connectivity index (χ0n) is 31.0. The molecule has 292 valence electrons. The molecule has 0 saturated carbocycles. The van der Waals surface area contributed by atoms with Crippen molar-refractivity contribution in [3.8, 4) is 45.5 Å². The Hall–Kier alpha value is -5.47. The number of carboxylic acids is 1. The van der Waals surface area contributed by atoms with Gasteiger partial charge >= 0.3 is 19.2 Å². The first kappa shape index (κ1) is 37.5. The molecule has 0 aliphatic carbocycles. The Morgan fingerprint density at radius 3 is 1.79 bits per heavy atom. The Morgan fingerprint density at radius 2 is 1.30 bits per heavy atom. The van der Waals surface area contributed by atoms with Crippen LogP contribution in [0.2, 0.25) is 0 Å². The third-order valence-electron chi connectivity index (χ3n) is 10.9. The van der Waals surface area contributed by atoms with Crippen LogP contribution in [-0.2, 0) is 17.9 Å². The van der Waals surface area contributed by atoms with Gasteiger partial charge in [-0.05, 0) is 98.6 Å². The summed E-state index contributed by atoms with van der Waals surface area (Å²) in [7, 11) is 0. The topological polar surface area (TPSA) is 114 Å². The summed E-state index contributed by atoms with van der Waals surface area (Å²) in [5.74, 6) is 0.157. The van der Waals surface area contributed by atoms with Crippen molar-refractivity contribution in [2.45, 2.75) is 72.4 Å². The molecule has 56 heavy (non-hydrogen) atoms. The van der Waals surface area contributed by atoms with Crippen LogP contribution in [0.15, 0.2) is 69.5 Å². The highest BCUT2D eigenvalue weighted by molar-refractivity contribution is 5.85. The molecule has 6 aromatic rings. The van der Waals surface area contributed by atoms with Gasteiger partial charge in [0, 0.05) is 54.0 Å². The molecule has 2 aliphatic rings. The van der Waals surface area contributed by atoms with Crippen molar-refractivity contribution in [1.82, 2.24) is 19.8 Å². The van der Waals surface area contributed by atoms with Crippen molar-refractivity contribution >= 4 is 28.2 Å². The fraction of sp³-hybridized carbons (Fsp3) is 0.357. The molecule has 2 saturated heterocycles. The van der Waals surface area contributed by atoms with Crippen molar-refractivity contribution in [2.24, 2.45) is 5.92 Å². The molecule has 4 aromatic carbocycles. The van der Waals surface area contributed by atoms with Gasteiger partial charge in [-0.3, -0.25) is 14.6 Å².